The summed E-state index contributed by atoms with van der Waals surface area (Å²) in [6.07, 6.45) is 4.41. The first kappa shape index (κ1) is 15.8. The molecule has 0 aromatic rings. The summed E-state index contributed by atoms with van der Waals surface area (Å²) in [6.45, 7) is 11.9. The SMILES string of the molecule is CC(C)(C)N1CCC(C(=O)NCC2CCNCC2)CC1. The molecule has 0 aromatic carbocycles. The Bertz CT molecular complexity index is 310. The van der Waals surface area contributed by atoms with Gasteiger partial charge in [0.25, 0.3) is 0 Å². The number of nitrogens with zero attached hydrogens (tertiary/aromatic N) is 1. The van der Waals surface area contributed by atoms with Crippen molar-refractivity contribution in [2.45, 2.75) is 52.0 Å². The fraction of sp³-hybridized carbons (Fsp3) is 0.938. The zero-order valence-corrected chi connectivity index (χ0v) is 13.4. The zero-order valence-electron chi connectivity index (χ0n) is 13.4. The Morgan fingerprint density at radius 1 is 1.15 bits per heavy atom. The van der Waals surface area contributed by atoms with Crippen LogP contribution in [-0.4, -0.2) is 49.1 Å². The van der Waals surface area contributed by atoms with Crippen LogP contribution in [0, 0.1) is 11.8 Å². The van der Waals surface area contributed by atoms with Crippen molar-refractivity contribution in [2.75, 3.05) is 32.7 Å². The molecule has 0 spiro atoms. The highest BCUT2D eigenvalue weighted by Gasteiger charge is 2.30. The van der Waals surface area contributed by atoms with Gasteiger partial charge in [-0.2, -0.15) is 0 Å². The van der Waals surface area contributed by atoms with Gasteiger partial charge >= 0.3 is 0 Å². The summed E-state index contributed by atoms with van der Waals surface area (Å²) in [5.41, 5.74) is 0.233. The van der Waals surface area contributed by atoms with Gasteiger partial charge in [-0.15, -0.1) is 0 Å². The first-order chi connectivity index (χ1) is 9.47. The third-order valence-electron chi connectivity index (χ3n) is 4.84. The molecule has 2 N–H and O–H groups in total. The Kier molecular flexibility index (Phi) is 5.44. The van der Waals surface area contributed by atoms with Crippen LogP contribution in [0.4, 0.5) is 0 Å². The minimum absolute atomic E-state index is 0.232. The topological polar surface area (TPSA) is 44.4 Å². The summed E-state index contributed by atoms with van der Waals surface area (Å²) in [5.74, 6) is 1.20. The molecule has 0 aliphatic carbocycles. The van der Waals surface area contributed by atoms with Crippen molar-refractivity contribution >= 4 is 5.91 Å². The standard InChI is InChI=1S/C16H31N3O/c1-16(2,3)19-10-6-14(7-11-19)15(20)18-12-13-4-8-17-9-5-13/h13-14,17H,4-12H2,1-3H3,(H,18,20). The van der Waals surface area contributed by atoms with Gasteiger partial charge in [-0.05, 0) is 78.6 Å². The number of hydrogen-bond acceptors (Lipinski definition) is 3. The predicted molar refractivity (Wildman–Crippen MR) is 82.7 cm³/mol. The van der Waals surface area contributed by atoms with Crippen molar-refractivity contribution in [3.05, 3.63) is 0 Å². The average Bonchev–Trinajstić information content (AvgIpc) is 2.45. The van der Waals surface area contributed by atoms with Crippen LogP contribution < -0.4 is 10.6 Å². The molecule has 2 fully saturated rings. The Morgan fingerprint density at radius 3 is 2.30 bits per heavy atom. The molecule has 1 amide bonds. The van der Waals surface area contributed by atoms with Crippen molar-refractivity contribution in [2.24, 2.45) is 11.8 Å². The van der Waals surface area contributed by atoms with E-state index in [0.717, 1.165) is 45.6 Å². The number of amides is 1. The maximum Gasteiger partial charge on any atom is 0.223 e. The second kappa shape index (κ2) is 6.90. The lowest BCUT2D eigenvalue weighted by molar-refractivity contribution is -0.127. The maximum absolute atomic E-state index is 12.3. The number of piperidine rings is 2. The van der Waals surface area contributed by atoms with Gasteiger partial charge in [0.15, 0.2) is 0 Å². The van der Waals surface area contributed by atoms with Crippen LogP contribution >= 0.6 is 0 Å². The van der Waals surface area contributed by atoms with Crippen molar-refractivity contribution in [1.29, 1.82) is 0 Å². The molecule has 0 unspecified atom stereocenters. The van der Waals surface area contributed by atoms with Crippen LogP contribution in [0.3, 0.4) is 0 Å². The van der Waals surface area contributed by atoms with E-state index >= 15 is 0 Å². The molecule has 4 nitrogen and oxygen atoms in total. The molecule has 4 heteroatoms. The van der Waals surface area contributed by atoms with Crippen LogP contribution in [0.5, 0.6) is 0 Å². The highest BCUT2D eigenvalue weighted by Crippen LogP contribution is 2.24. The third-order valence-corrected chi connectivity index (χ3v) is 4.84. The molecular weight excluding hydrogens is 250 g/mol. The smallest absolute Gasteiger partial charge is 0.223 e. The third kappa shape index (κ3) is 4.45. The summed E-state index contributed by atoms with van der Waals surface area (Å²) in [7, 11) is 0. The molecule has 116 valence electrons. The molecule has 2 aliphatic rings. The molecule has 2 heterocycles. The number of hydrogen-bond donors (Lipinski definition) is 2. The van der Waals surface area contributed by atoms with Gasteiger partial charge in [0.1, 0.15) is 0 Å². The highest BCUT2D eigenvalue weighted by atomic mass is 16.1. The van der Waals surface area contributed by atoms with Crippen LogP contribution in [-0.2, 0) is 4.79 Å². The quantitative estimate of drug-likeness (QED) is 0.826. The lowest BCUT2D eigenvalue weighted by Gasteiger charge is -2.40. The molecule has 20 heavy (non-hydrogen) atoms. The first-order valence-corrected chi connectivity index (χ1v) is 8.20. The van der Waals surface area contributed by atoms with Crippen molar-refractivity contribution in [3.8, 4) is 0 Å². The zero-order chi connectivity index (χ0) is 14.6. The second-order valence-electron chi connectivity index (χ2n) is 7.37. The first-order valence-electron chi connectivity index (χ1n) is 8.20. The van der Waals surface area contributed by atoms with Gasteiger partial charge in [0.05, 0.1) is 0 Å². The lowest BCUT2D eigenvalue weighted by atomic mass is 9.92. The minimum Gasteiger partial charge on any atom is -0.356 e. The summed E-state index contributed by atoms with van der Waals surface area (Å²) in [6, 6.07) is 0. The molecule has 0 saturated carbocycles. The molecule has 0 atom stereocenters. The largest absolute Gasteiger partial charge is 0.356 e. The predicted octanol–water partition coefficient (Wildman–Crippen LogP) is 1.61. The van der Waals surface area contributed by atoms with Gasteiger partial charge < -0.3 is 10.6 Å². The molecule has 2 saturated heterocycles. The van der Waals surface area contributed by atoms with Gasteiger partial charge in [-0.1, -0.05) is 0 Å². The Labute approximate surface area is 123 Å². The average molecular weight is 281 g/mol. The molecule has 0 bridgehead atoms. The molecule has 2 rings (SSSR count). The van der Waals surface area contributed by atoms with Gasteiger partial charge in [0.2, 0.25) is 5.91 Å². The Hall–Kier alpha value is -0.610. The van der Waals surface area contributed by atoms with Crippen LogP contribution in [0.25, 0.3) is 0 Å². The van der Waals surface area contributed by atoms with Crippen LogP contribution in [0.15, 0.2) is 0 Å². The van der Waals surface area contributed by atoms with Gasteiger partial charge in [0, 0.05) is 18.0 Å². The fourth-order valence-electron chi connectivity index (χ4n) is 3.29. The Morgan fingerprint density at radius 2 is 1.75 bits per heavy atom. The summed E-state index contributed by atoms with van der Waals surface area (Å²) in [4.78, 5) is 14.7. The normalized spacial score (nSPS) is 23.8. The van der Waals surface area contributed by atoms with E-state index in [9.17, 15) is 4.79 Å². The fourth-order valence-corrected chi connectivity index (χ4v) is 3.29. The highest BCUT2D eigenvalue weighted by molar-refractivity contribution is 5.78. The summed E-state index contributed by atoms with van der Waals surface area (Å²) < 4.78 is 0. The number of nitrogens with one attached hydrogen (secondary N) is 2. The number of rotatable bonds is 3. The van der Waals surface area contributed by atoms with Crippen LogP contribution in [0.2, 0.25) is 0 Å². The van der Waals surface area contributed by atoms with E-state index in [1.54, 1.807) is 0 Å². The lowest BCUT2D eigenvalue weighted by Crippen LogP contribution is -2.48. The van der Waals surface area contributed by atoms with Crippen molar-refractivity contribution in [3.63, 3.8) is 0 Å². The van der Waals surface area contributed by atoms with E-state index in [0.29, 0.717) is 5.92 Å². The number of likely N-dealkylation sites (tertiary alicyclic amines) is 1. The maximum atomic E-state index is 12.3. The van der Waals surface area contributed by atoms with Crippen molar-refractivity contribution < 1.29 is 4.79 Å². The Balaban J connectivity index is 1.69. The van der Waals surface area contributed by atoms with Crippen molar-refractivity contribution in [1.82, 2.24) is 15.5 Å². The van der Waals surface area contributed by atoms with E-state index in [1.165, 1.54) is 12.8 Å². The van der Waals surface area contributed by atoms with E-state index in [2.05, 4.69) is 36.3 Å². The van der Waals surface area contributed by atoms with Gasteiger partial charge in [-0.3, -0.25) is 9.69 Å². The molecule has 2 aliphatic heterocycles. The molecule has 0 aromatic heterocycles. The number of carbonyl (C=O) groups is 1. The summed E-state index contributed by atoms with van der Waals surface area (Å²) in [5, 5.41) is 6.56. The van der Waals surface area contributed by atoms with Gasteiger partial charge in [-0.25, -0.2) is 0 Å². The van der Waals surface area contributed by atoms with Crippen LogP contribution in [0.1, 0.15) is 46.5 Å². The van der Waals surface area contributed by atoms with E-state index in [1.807, 2.05) is 0 Å². The van der Waals surface area contributed by atoms with E-state index < -0.39 is 0 Å². The summed E-state index contributed by atoms with van der Waals surface area (Å²) >= 11 is 0. The second-order valence-corrected chi connectivity index (χ2v) is 7.37. The number of carbonyl (C=O) groups excluding carboxylic acids is 1. The monoisotopic (exact) mass is 281 g/mol. The minimum atomic E-state index is 0.232. The van der Waals surface area contributed by atoms with E-state index in [-0.39, 0.29) is 17.4 Å². The van der Waals surface area contributed by atoms with E-state index in [4.69, 9.17) is 0 Å². The molecule has 0 radical (unpaired) electrons. The molecular formula is C16H31N3O.